The molecule has 0 unspecified atom stereocenters. The fourth-order valence-corrected chi connectivity index (χ4v) is 3.34. The van der Waals surface area contributed by atoms with Crippen LogP contribution in [0.25, 0.3) is 5.78 Å². The van der Waals surface area contributed by atoms with Crippen molar-refractivity contribution in [2.45, 2.75) is 20.4 Å². The smallest absolute Gasteiger partial charge is 0.277 e. The zero-order valence-corrected chi connectivity index (χ0v) is 18.0. The van der Waals surface area contributed by atoms with Crippen molar-refractivity contribution in [3.05, 3.63) is 86.3 Å². The van der Waals surface area contributed by atoms with E-state index in [1.54, 1.807) is 45.2 Å². The number of hydrogen-bond donors (Lipinski definition) is 1. The highest BCUT2D eigenvalue weighted by molar-refractivity contribution is 6.31. The number of ether oxygens (including phenoxy) is 1. The van der Waals surface area contributed by atoms with Crippen LogP contribution in [0, 0.1) is 13.8 Å². The number of halogens is 1. The molecule has 0 aliphatic carbocycles. The number of amides is 1. The van der Waals surface area contributed by atoms with Crippen molar-refractivity contribution < 1.29 is 9.53 Å². The first kappa shape index (κ1) is 20.6. The number of carbonyl (C=O) groups is 1. The molecule has 0 bridgehead atoms. The molecule has 4 rings (SSSR count). The number of rotatable bonds is 5. The van der Waals surface area contributed by atoms with Gasteiger partial charge in [0.05, 0.1) is 13.7 Å². The molecule has 0 aliphatic heterocycles. The minimum absolute atomic E-state index is 0.196. The maximum absolute atomic E-state index is 13.4. The molecule has 158 valence electrons. The highest BCUT2D eigenvalue weighted by Gasteiger charge is 2.23. The van der Waals surface area contributed by atoms with Crippen molar-refractivity contribution in [2.24, 2.45) is 0 Å². The molecule has 2 heterocycles. The minimum atomic E-state index is -0.320. The van der Waals surface area contributed by atoms with E-state index in [0.717, 1.165) is 5.56 Å². The Hall–Kier alpha value is -3.65. The molecule has 2 aromatic carbocycles. The lowest BCUT2D eigenvalue weighted by atomic mass is 10.1. The average molecular weight is 438 g/mol. The number of benzene rings is 2. The van der Waals surface area contributed by atoms with Gasteiger partial charge in [0.25, 0.3) is 17.2 Å². The molecular weight excluding hydrogens is 418 g/mol. The SMILES string of the molecule is COc1ccc(CN(C(=O)c2cccc(Cl)c2)c2nc3nc(C)c(C)c(=O)n3[nH]2)cc1. The van der Waals surface area contributed by atoms with Crippen LogP contribution in [0.15, 0.2) is 53.3 Å². The van der Waals surface area contributed by atoms with Crippen molar-refractivity contribution >= 4 is 29.2 Å². The zero-order chi connectivity index (χ0) is 22.1. The van der Waals surface area contributed by atoms with Crippen molar-refractivity contribution in [1.82, 2.24) is 19.6 Å². The van der Waals surface area contributed by atoms with Gasteiger partial charge in [-0.05, 0) is 49.7 Å². The second-order valence-corrected chi connectivity index (χ2v) is 7.50. The largest absolute Gasteiger partial charge is 0.497 e. The molecular formula is C22H20ClN5O3. The predicted octanol–water partition coefficient (Wildman–Crippen LogP) is 3.54. The molecule has 9 heteroatoms. The van der Waals surface area contributed by atoms with Crippen LogP contribution in [0.5, 0.6) is 5.75 Å². The van der Waals surface area contributed by atoms with E-state index < -0.39 is 0 Å². The van der Waals surface area contributed by atoms with Crippen LogP contribution in [0.4, 0.5) is 5.95 Å². The topological polar surface area (TPSA) is 92.6 Å². The summed E-state index contributed by atoms with van der Waals surface area (Å²) in [7, 11) is 1.59. The standard InChI is InChI=1S/C22H20ClN5O3/c1-13-14(2)24-21-25-22(26-28(21)19(13)29)27(12-15-7-9-18(31-3)10-8-15)20(30)16-5-4-6-17(23)11-16/h4-11H,12H2,1-3H3,(H,24,25,26). The Kier molecular flexibility index (Phi) is 5.48. The monoisotopic (exact) mass is 437 g/mol. The van der Waals surface area contributed by atoms with Crippen molar-refractivity contribution in [3.8, 4) is 5.75 Å². The van der Waals surface area contributed by atoms with Crippen LogP contribution in [0.3, 0.4) is 0 Å². The third-order valence-electron chi connectivity index (χ3n) is 5.02. The summed E-state index contributed by atoms with van der Waals surface area (Å²) in [4.78, 5) is 36.2. The van der Waals surface area contributed by atoms with Gasteiger partial charge in [-0.2, -0.15) is 9.50 Å². The summed E-state index contributed by atoms with van der Waals surface area (Å²) in [5.41, 5.74) is 2.08. The molecule has 0 spiro atoms. The van der Waals surface area contributed by atoms with E-state index in [1.807, 2.05) is 24.3 Å². The van der Waals surface area contributed by atoms with Gasteiger partial charge < -0.3 is 4.74 Å². The highest BCUT2D eigenvalue weighted by Crippen LogP contribution is 2.21. The van der Waals surface area contributed by atoms with E-state index in [2.05, 4.69) is 15.1 Å². The Morgan fingerprint density at radius 1 is 1.16 bits per heavy atom. The highest BCUT2D eigenvalue weighted by atomic mass is 35.5. The molecule has 0 atom stereocenters. The molecule has 0 saturated heterocycles. The Morgan fingerprint density at radius 2 is 1.90 bits per heavy atom. The van der Waals surface area contributed by atoms with Crippen LogP contribution in [0.2, 0.25) is 5.02 Å². The van der Waals surface area contributed by atoms with Crippen LogP contribution >= 0.6 is 11.6 Å². The summed E-state index contributed by atoms with van der Waals surface area (Å²) in [6.45, 7) is 3.66. The number of fused-ring (bicyclic) bond motifs is 1. The molecule has 1 amide bonds. The lowest BCUT2D eigenvalue weighted by molar-refractivity contribution is 0.0983. The molecule has 0 aliphatic rings. The summed E-state index contributed by atoms with van der Waals surface area (Å²) in [5, 5.41) is 3.37. The van der Waals surface area contributed by atoms with E-state index in [4.69, 9.17) is 16.3 Å². The lowest BCUT2D eigenvalue weighted by Crippen LogP contribution is -2.31. The molecule has 2 aromatic heterocycles. The van der Waals surface area contributed by atoms with E-state index in [-0.39, 0.29) is 29.7 Å². The number of aromatic amines is 1. The predicted molar refractivity (Wildman–Crippen MR) is 118 cm³/mol. The van der Waals surface area contributed by atoms with Gasteiger partial charge in [0, 0.05) is 21.8 Å². The number of aromatic nitrogens is 4. The van der Waals surface area contributed by atoms with Crippen LogP contribution in [-0.4, -0.2) is 32.6 Å². The van der Waals surface area contributed by atoms with Gasteiger partial charge in [0.2, 0.25) is 5.95 Å². The van der Waals surface area contributed by atoms with Crippen LogP contribution in [-0.2, 0) is 6.54 Å². The Labute approximate surface area is 183 Å². The van der Waals surface area contributed by atoms with E-state index in [1.165, 1.54) is 9.42 Å². The Balaban J connectivity index is 1.81. The summed E-state index contributed by atoms with van der Waals surface area (Å²) < 4.78 is 6.44. The van der Waals surface area contributed by atoms with Crippen LogP contribution < -0.4 is 15.2 Å². The number of H-pyrrole nitrogens is 1. The summed E-state index contributed by atoms with van der Waals surface area (Å²) in [6, 6.07) is 14.0. The first-order valence-corrected chi connectivity index (χ1v) is 9.91. The third kappa shape index (κ3) is 4.02. The number of anilines is 1. The number of aryl methyl sites for hydroxylation is 1. The molecule has 0 radical (unpaired) electrons. The fourth-order valence-electron chi connectivity index (χ4n) is 3.15. The quantitative estimate of drug-likeness (QED) is 0.515. The number of nitrogens with zero attached hydrogens (tertiary/aromatic N) is 4. The van der Waals surface area contributed by atoms with Gasteiger partial charge in [-0.1, -0.05) is 29.8 Å². The van der Waals surface area contributed by atoms with Crippen molar-refractivity contribution in [1.29, 1.82) is 0 Å². The van der Waals surface area contributed by atoms with Gasteiger partial charge in [0.1, 0.15) is 5.75 Å². The van der Waals surface area contributed by atoms with E-state index in [9.17, 15) is 9.59 Å². The summed E-state index contributed by atoms with van der Waals surface area (Å²) in [6.07, 6.45) is 0. The van der Waals surface area contributed by atoms with E-state index in [0.29, 0.717) is 27.6 Å². The number of nitrogens with one attached hydrogen (secondary N) is 1. The molecule has 4 aromatic rings. The Bertz CT molecular complexity index is 1330. The van der Waals surface area contributed by atoms with Gasteiger partial charge >= 0.3 is 0 Å². The first-order chi connectivity index (χ1) is 14.9. The zero-order valence-electron chi connectivity index (χ0n) is 17.2. The summed E-state index contributed by atoms with van der Waals surface area (Å²) in [5.74, 6) is 0.790. The fraction of sp³-hybridized carbons (Fsp3) is 0.182. The molecule has 8 nitrogen and oxygen atoms in total. The van der Waals surface area contributed by atoms with E-state index >= 15 is 0 Å². The average Bonchev–Trinajstić information content (AvgIpc) is 3.19. The molecule has 0 fully saturated rings. The van der Waals surface area contributed by atoms with Crippen molar-refractivity contribution in [3.63, 3.8) is 0 Å². The molecule has 1 N–H and O–H groups in total. The van der Waals surface area contributed by atoms with Crippen LogP contribution in [0.1, 0.15) is 27.2 Å². The van der Waals surface area contributed by atoms with Crippen molar-refractivity contribution in [2.75, 3.05) is 12.0 Å². The van der Waals surface area contributed by atoms with Gasteiger partial charge in [-0.15, -0.1) is 0 Å². The van der Waals surface area contributed by atoms with Gasteiger partial charge in [0.15, 0.2) is 0 Å². The number of methoxy groups -OCH3 is 1. The maximum atomic E-state index is 13.4. The van der Waals surface area contributed by atoms with Gasteiger partial charge in [-0.25, -0.2) is 4.98 Å². The van der Waals surface area contributed by atoms with Gasteiger partial charge in [-0.3, -0.25) is 19.6 Å². The lowest BCUT2D eigenvalue weighted by Gasteiger charge is -2.20. The maximum Gasteiger partial charge on any atom is 0.277 e. The first-order valence-electron chi connectivity index (χ1n) is 9.53. The Morgan fingerprint density at radius 3 is 2.58 bits per heavy atom. The second-order valence-electron chi connectivity index (χ2n) is 7.06. The molecule has 31 heavy (non-hydrogen) atoms. The third-order valence-corrected chi connectivity index (χ3v) is 5.26. The normalized spacial score (nSPS) is 11.0. The number of hydrogen-bond acceptors (Lipinski definition) is 5. The second kappa shape index (κ2) is 8.23. The molecule has 0 saturated carbocycles. The number of carbonyl (C=O) groups excluding carboxylic acids is 1. The minimum Gasteiger partial charge on any atom is -0.497 e. The summed E-state index contributed by atoms with van der Waals surface area (Å²) >= 11 is 6.09.